The van der Waals surface area contributed by atoms with Crippen molar-refractivity contribution in [1.82, 2.24) is 0 Å². The number of nitrogens with one attached hydrogen (secondary N) is 1. The van der Waals surface area contributed by atoms with E-state index in [1.165, 1.54) is 43.4 Å². The van der Waals surface area contributed by atoms with Crippen molar-refractivity contribution in [2.45, 2.75) is 52.0 Å². The fourth-order valence-corrected chi connectivity index (χ4v) is 2.92. The first-order valence-electron chi connectivity index (χ1n) is 7.12. The average Bonchev–Trinajstić information content (AvgIpc) is 2.42. The maximum atomic E-state index is 5.24. The topological polar surface area (TPSA) is 21.3 Å². The van der Waals surface area contributed by atoms with E-state index in [4.69, 9.17) is 4.74 Å². The summed E-state index contributed by atoms with van der Waals surface area (Å²) in [6.07, 6.45) is 6.98. The molecule has 1 aromatic carbocycles. The molecule has 1 fully saturated rings. The molecule has 18 heavy (non-hydrogen) atoms. The van der Waals surface area contributed by atoms with Crippen LogP contribution in [0.1, 0.15) is 44.6 Å². The standard InChI is InChI=1S/C16H25NO/c1-12-11-15(18-3)9-10-16(12)17-13(2)14-7-5-4-6-8-14/h9-11,13-14,17H,4-8H2,1-3H3. The molecule has 100 valence electrons. The summed E-state index contributed by atoms with van der Waals surface area (Å²) >= 11 is 0. The predicted molar refractivity (Wildman–Crippen MR) is 77.4 cm³/mol. The zero-order chi connectivity index (χ0) is 13.0. The Balaban J connectivity index is 1.99. The first kappa shape index (κ1) is 13.3. The van der Waals surface area contributed by atoms with Crippen molar-refractivity contribution < 1.29 is 4.74 Å². The first-order valence-corrected chi connectivity index (χ1v) is 7.12. The highest BCUT2D eigenvalue weighted by molar-refractivity contribution is 5.54. The van der Waals surface area contributed by atoms with Crippen molar-refractivity contribution >= 4 is 5.69 Å². The Hall–Kier alpha value is -1.18. The van der Waals surface area contributed by atoms with Crippen molar-refractivity contribution in [3.63, 3.8) is 0 Å². The molecule has 0 saturated heterocycles. The number of aryl methyl sites for hydroxylation is 1. The monoisotopic (exact) mass is 247 g/mol. The van der Waals surface area contributed by atoms with Gasteiger partial charge in [-0.05, 0) is 56.4 Å². The van der Waals surface area contributed by atoms with Crippen LogP contribution in [0.3, 0.4) is 0 Å². The van der Waals surface area contributed by atoms with Crippen molar-refractivity contribution in [3.8, 4) is 5.75 Å². The van der Waals surface area contributed by atoms with Gasteiger partial charge < -0.3 is 10.1 Å². The SMILES string of the molecule is COc1ccc(NC(C)C2CCCCC2)c(C)c1. The Bertz CT molecular complexity index is 383. The third kappa shape index (κ3) is 3.18. The summed E-state index contributed by atoms with van der Waals surface area (Å²) in [4.78, 5) is 0. The van der Waals surface area contributed by atoms with E-state index in [1.54, 1.807) is 7.11 Å². The molecule has 2 rings (SSSR count). The zero-order valence-electron chi connectivity index (χ0n) is 11.8. The van der Waals surface area contributed by atoms with Gasteiger partial charge in [0.1, 0.15) is 5.75 Å². The zero-order valence-corrected chi connectivity index (χ0v) is 11.8. The van der Waals surface area contributed by atoms with Crippen LogP contribution in [0.2, 0.25) is 0 Å². The molecule has 2 nitrogen and oxygen atoms in total. The Morgan fingerprint density at radius 2 is 1.94 bits per heavy atom. The van der Waals surface area contributed by atoms with Crippen LogP contribution < -0.4 is 10.1 Å². The quantitative estimate of drug-likeness (QED) is 0.852. The molecule has 1 aliphatic rings. The Morgan fingerprint density at radius 1 is 1.22 bits per heavy atom. The van der Waals surface area contributed by atoms with Crippen LogP contribution in [-0.4, -0.2) is 13.2 Å². The summed E-state index contributed by atoms with van der Waals surface area (Å²) in [7, 11) is 1.71. The van der Waals surface area contributed by atoms with Gasteiger partial charge >= 0.3 is 0 Å². The molecule has 1 aromatic rings. The molecular formula is C16H25NO. The number of methoxy groups -OCH3 is 1. The van der Waals surface area contributed by atoms with E-state index in [9.17, 15) is 0 Å². The van der Waals surface area contributed by atoms with Gasteiger partial charge in [0, 0.05) is 11.7 Å². The molecule has 1 N–H and O–H groups in total. The third-order valence-electron chi connectivity index (χ3n) is 4.17. The van der Waals surface area contributed by atoms with E-state index in [2.05, 4.69) is 31.3 Å². The van der Waals surface area contributed by atoms with E-state index in [0.29, 0.717) is 6.04 Å². The van der Waals surface area contributed by atoms with Crippen molar-refractivity contribution in [3.05, 3.63) is 23.8 Å². The fraction of sp³-hybridized carbons (Fsp3) is 0.625. The second-order valence-corrected chi connectivity index (χ2v) is 5.51. The molecule has 1 atom stereocenters. The van der Waals surface area contributed by atoms with Gasteiger partial charge in [-0.1, -0.05) is 19.3 Å². The number of benzene rings is 1. The smallest absolute Gasteiger partial charge is 0.119 e. The summed E-state index contributed by atoms with van der Waals surface area (Å²) in [5, 5.41) is 3.68. The number of anilines is 1. The number of ether oxygens (including phenoxy) is 1. The van der Waals surface area contributed by atoms with Crippen LogP contribution in [-0.2, 0) is 0 Å². The van der Waals surface area contributed by atoms with Gasteiger partial charge in [0.05, 0.1) is 7.11 Å². The lowest BCUT2D eigenvalue weighted by molar-refractivity contribution is 0.328. The molecule has 0 aromatic heterocycles. The highest BCUT2D eigenvalue weighted by Gasteiger charge is 2.20. The van der Waals surface area contributed by atoms with Gasteiger partial charge in [-0.2, -0.15) is 0 Å². The summed E-state index contributed by atoms with van der Waals surface area (Å²) in [6, 6.07) is 6.82. The van der Waals surface area contributed by atoms with Crippen LogP contribution in [0.4, 0.5) is 5.69 Å². The van der Waals surface area contributed by atoms with E-state index >= 15 is 0 Å². The molecule has 1 unspecified atom stereocenters. The molecule has 0 radical (unpaired) electrons. The van der Waals surface area contributed by atoms with Crippen LogP contribution in [0, 0.1) is 12.8 Å². The second kappa shape index (κ2) is 6.12. The van der Waals surface area contributed by atoms with Gasteiger partial charge in [-0.15, -0.1) is 0 Å². The molecule has 2 heteroatoms. The highest BCUT2D eigenvalue weighted by atomic mass is 16.5. The van der Waals surface area contributed by atoms with E-state index in [-0.39, 0.29) is 0 Å². The number of hydrogen-bond donors (Lipinski definition) is 1. The molecule has 0 spiro atoms. The highest BCUT2D eigenvalue weighted by Crippen LogP contribution is 2.29. The van der Waals surface area contributed by atoms with E-state index < -0.39 is 0 Å². The van der Waals surface area contributed by atoms with Crippen molar-refractivity contribution in [2.24, 2.45) is 5.92 Å². The predicted octanol–water partition coefficient (Wildman–Crippen LogP) is 4.38. The summed E-state index contributed by atoms with van der Waals surface area (Å²) in [6.45, 7) is 4.46. The number of hydrogen-bond acceptors (Lipinski definition) is 2. The molecule has 1 saturated carbocycles. The van der Waals surface area contributed by atoms with Crippen LogP contribution >= 0.6 is 0 Å². The fourth-order valence-electron chi connectivity index (χ4n) is 2.92. The molecular weight excluding hydrogens is 222 g/mol. The summed E-state index contributed by atoms with van der Waals surface area (Å²) in [5.41, 5.74) is 2.51. The summed E-state index contributed by atoms with van der Waals surface area (Å²) < 4.78 is 5.24. The van der Waals surface area contributed by atoms with Gasteiger partial charge in [0.25, 0.3) is 0 Å². The molecule has 1 aliphatic carbocycles. The Kier molecular flexibility index (Phi) is 4.51. The molecule has 0 aliphatic heterocycles. The van der Waals surface area contributed by atoms with Crippen molar-refractivity contribution in [1.29, 1.82) is 0 Å². The lowest BCUT2D eigenvalue weighted by Crippen LogP contribution is -2.27. The maximum absolute atomic E-state index is 5.24. The molecule has 0 bridgehead atoms. The lowest BCUT2D eigenvalue weighted by Gasteiger charge is -2.29. The molecule has 0 amide bonds. The van der Waals surface area contributed by atoms with E-state index in [1.807, 2.05) is 6.07 Å². The third-order valence-corrected chi connectivity index (χ3v) is 4.17. The minimum atomic E-state index is 0.567. The van der Waals surface area contributed by atoms with Crippen molar-refractivity contribution in [2.75, 3.05) is 12.4 Å². The Labute approximate surface area is 111 Å². The first-order chi connectivity index (χ1) is 8.70. The normalized spacial score (nSPS) is 18.4. The maximum Gasteiger partial charge on any atom is 0.119 e. The van der Waals surface area contributed by atoms with Crippen LogP contribution in [0.15, 0.2) is 18.2 Å². The van der Waals surface area contributed by atoms with Crippen LogP contribution in [0.5, 0.6) is 5.75 Å². The minimum Gasteiger partial charge on any atom is -0.497 e. The lowest BCUT2D eigenvalue weighted by atomic mass is 9.84. The van der Waals surface area contributed by atoms with Gasteiger partial charge in [0.15, 0.2) is 0 Å². The largest absolute Gasteiger partial charge is 0.497 e. The number of rotatable bonds is 4. The second-order valence-electron chi connectivity index (χ2n) is 5.51. The van der Waals surface area contributed by atoms with Gasteiger partial charge in [0.2, 0.25) is 0 Å². The van der Waals surface area contributed by atoms with E-state index in [0.717, 1.165) is 11.7 Å². The van der Waals surface area contributed by atoms with Gasteiger partial charge in [-0.3, -0.25) is 0 Å². The minimum absolute atomic E-state index is 0.567. The molecule has 0 heterocycles. The van der Waals surface area contributed by atoms with Crippen LogP contribution in [0.25, 0.3) is 0 Å². The summed E-state index contributed by atoms with van der Waals surface area (Å²) in [5.74, 6) is 1.77. The van der Waals surface area contributed by atoms with Gasteiger partial charge in [-0.25, -0.2) is 0 Å². The Morgan fingerprint density at radius 3 is 2.56 bits per heavy atom. The average molecular weight is 247 g/mol.